The number of hydrogen-bond acceptors (Lipinski definition) is 5. The lowest BCUT2D eigenvalue weighted by Gasteiger charge is -2.13. The first-order valence-corrected chi connectivity index (χ1v) is 12.7. The van der Waals surface area contributed by atoms with E-state index in [0.29, 0.717) is 19.1 Å². The lowest BCUT2D eigenvalue weighted by Crippen LogP contribution is -2.21. The van der Waals surface area contributed by atoms with Gasteiger partial charge in [-0.2, -0.15) is 0 Å². The molecular formula is C25H30N4OS3. The standard InChI is InChI=1S/C19H15N3OS3.C6H15N/c1-11-7-6-8-12(2)14(11)22-16-15(26-19(22)25)17(23)21(18(24)20-16)13-9-4-3-5-10-13;1-4-7(5-2)6-3/h3-10H,1-2H3,(H,20,24);4-6H2,1-3H3. The molecule has 0 bridgehead atoms. The van der Waals surface area contributed by atoms with Crippen LogP contribution in [0.3, 0.4) is 0 Å². The molecule has 8 heteroatoms. The Morgan fingerprint density at radius 1 is 0.879 bits per heavy atom. The van der Waals surface area contributed by atoms with Gasteiger partial charge in [0.15, 0.2) is 8.73 Å². The zero-order valence-corrected chi connectivity index (χ0v) is 22.2. The summed E-state index contributed by atoms with van der Waals surface area (Å²) in [6, 6.07) is 15.5. The molecule has 0 amide bonds. The Bertz CT molecular complexity index is 1380. The van der Waals surface area contributed by atoms with E-state index < -0.39 is 0 Å². The minimum atomic E-state index is -0.156. The van der Waals surface area contributed by atoms with Crippen molar-refractivity contribution in [1.82, 2.24) is 19.0 Å². The van der Waals surface area contributed by atoms with E-state index in [9.17, 15) is 4.79 Å². The highest BCUT2D eigenvalue weighted by atomic mass is 32.1. The van der Waals surface area contributed by atoms with Gasteiger partial charge in [-0.05, 0) is 81.2 Å². The van der Waals surface area contributed by atoms with Crippen molar-refractivity contribution in [3.05, 3.63) is 78.7 Å². The monoisotopic (exact) mass is 498 g/mol. The van der Waals surface area contributed by atoms with Crippen LogP contribution in [0.1, 0.15) is 31.9 Å². The Labute approximate surface area is 209 Å². The first-order chi connectivity index (χ1) is 15.8. The third kappa shape index (κ3) is 5.24. The quantitative estimate of drug-likeness (QED) is 0.315. The van der Waals surface area contributed by atoms with Crippen LogP contribution in [0, 0.1) is 22.6 Å². The molecule has 0 fully saturated rings. The predicted molar refractivity (Wildman–Crippen MR) is 146 cm³/mol. The average Bonchev–Trinajstić information content (AvgIpc) is 3.12. The van der Waals surface area contributed by atoms with Crippen LogP contribution in [-0.2, 0) is 0 Å². The number of H-pyrrole nitrogens is 1. The van der Waals surface area contributed by atoms with Gasteiger partial charge in [-0.3, -0.25) is 13.9 Å². The number of benzene rings is 2. The maximum absolute atomic E-state index is 13.1. The topological polar surface area (TPSA) is 46.0 Å². The average molecular weight is 499 g/mol. The summed E-state index contributed by atoms with van der Waals surface area (Å²) in [4.78, 5) is 18.7. The molecule has 0 aliphatic heterocycles. The van der Waals surface area contributed by atoms with Gasteiger partial charge in [-0.15, -0.1) is 0 Å². The lowest BCUT2D eigenvalue weighted by atomic mass is 10.1. The summed E-state index contributed by atoms with van der Waals surface area (Å²) in [5, 5.41) is 0. The maximum Gasteiger partial charge on any atom is 0.278 e. The van der Waals surface area contributed by atoms with Gasteiger partial charge in [0.05, 0.1) is 11.4 Å². The van der Waals surface area contributed by atoms with Crippen LogP contribution in [-0.4, -0.2) is 38.7 Å². The van der Waals surface area contributed by atoms with Crippen LogP contribution in [0.2, 0.25) is 0 Å². The van der Waals surface area contributed by atoms with Crippen molar-refractivity contribution in [2.45, 2.75) is 34.6 Å². The molecule has 2 aromatic carbocycles. The molecule has 2 aromatic heterocycles. The normalized spacial score (nSPS) is 11.0. The van der Waals surface area contributed by atoms with Crippen molar-refractivity contribution >= 4 is 46.1 Å². The molecule has 4 aromatic rings. The van der Waals surface area contributed by atoms with E-state index in [0.717, 1.165) is 22.5 Å². The van der Waals surface area contributed by atoms with Crippen molar-refractivity contribution in [2.24, 2.45) is 0 Å². The van der Waals surface area contributed by atoms with E-state index >= 15 is 0 Å². The molecule has 33 heavy (non-hydrogen) atoms. The van der Waals surface area contributed by atoms with Crippen molar-refractivity contribution < 1.29 is 0 Å². The van der Waals surface area contributed by atoms with Gasteiger partial charge in [-0.25, -0.2) is 0 Å². The number of hydrogen-bond donors (Lipinski definition) is 1. The lowest BCUT2D eigenvalue weighted by molar-refractivity contribution is 0.321. The second-order valence-electron chi connectivity index (χ2n) is 7.65. The number of fused-ring (bicyclic) bond motifs is 1. The summed E-state index contributed by atoms with van der Waals surface area (Å²) in [5.74, 6) is 0. The van der Waals surface area contributed by atoms with Gasteiger partial charge in [0, 0.05) is 0 Å². The number of nitrogens with zero attached hydrogens (tertiary/aromatic N) is 3. The van der Waals surface area contributed by atoms with Crippen molar-refractivity contribution in [3.8, 4) is 11.4 Å². The molecule has 5 nitrogen and oxygen atoms in total. The van der Waals surface area contributed by atoms with E-state index in [1.54, 1.807) is 0 Å². The summed E-state index contributed by atoms with van der Waals surface area (Å²) in [6.07, 6.45) is 0. The summed E-state index contributed by atoms with van der Waals surface area (Å²) < 4.78 is 4.97. The van der Waals surface area contributed by atoms with Crippen LogP contribution < -0.4 is 5.56 Å². The van der Waals surface area contributed by atoms with Crippen LogP contribution in [0.15, 0.2) is 53.3 Å². The molecule has 0 saturated heterocycles. The first kappa shape index (κ1) is 25.2. The predicted octanol–water partition coefficient (Wildman–Crippen LogP) is 6.59. The number of thiazole rings is 1. The van der Waals surface area contributed by atoms with Crippen LogP contribution >= 0.6 is 35.8 Å². The molecule has 0 atom stereocenters. The number of rotatable bonds is 5. The van der Waals surface area contributed by atoms with E-state index in [1.807, 2.05) is 66.9 Å². The third-order valence-electron chi connectivity index (χ3n) is 5.66. The molecule has 0 spiro atoms. The minimum Gasteiger partial charge on any atom is -0.316 e. The smallest absolute Gasteiger partial charge is 0.278 e. The number of para-hydroxylation sites is 2. The van der Waals surface area contributed by atoms with Gasteiger partial charge >= 0.3 is 0 Å². The Hall–Kier alpha value is -2.39. The number of aryl methyl sites for hydroxylation is 2. The first-order valence-electron chi connectivity index (χ1n) is 11.1. The van der Waals surface area contributed by atoms with E-state index in [1.165, 1.54) is 35.5 Å². The summed E-state index contributed by atoms with van der Waals surface area (Å²) in [7, 11) is 0. The highest BCUT2D eigenvalue weighted by molar-refractivity contribution is 7.73. The molecule has 0 aliphatic carbocycles. The van der Waals surface area contributed by atoms with Crippen LogP contribution in [0.4, 0.5) is 0 Å². The SMILES string of the molecule is CCN(CC)CC.Cc1cccc(C)c1-n1c(=S)sc2c(=O)n(-c3ccccc3)c(=S)[nH]c21. The third-order valence-corrected chi connectivity index (χ3v) is 7.30. The zero-order chi connectivity index (χ0) is 24.1. The Balaban J connectivity index is 0.000000383. The van der Waals surface area contributed by atoms with Crippen LogP contribution in [0.5, 0.6) is 0 Å². The molecule has 4 rings (SSSR count). The van der Waals surface area contributed by atoms with Crippen LogP contribution in [0.25, 0.3) is 21.7 Å². The van der Waals surface area contributed by atoms with Gasteiger partial charge in [-0.1, -0.05) is 68.5 Å². The Morgan fingerprint density at radius 3 is 1.97 bits per heavy atom. The summed E-state index contributed by atoms with van der Waals surface area (Å²) >= 11 is 12.4. The van der Waals surface area contributed by atoms with Crippen molar-refractivity contribution in [3.63, 3.8) is 0 Å². The number of aromatic amines is 1. The van der Waals surface area contributed by atoms with Crippen molar-refractivity contribution in [1.29, 1.82) is 0 Å². The summed E-state index contributed by atoms with van der Waals surface area (Å²) in [5.41, 5.74) is 4.40. The van der Waals surface area contributed by atoms with Gasteiger partial charge < -0.3 is 9.88 Å². The maximum atomic E-state index is 13.1. The fourth-order valence-corrected chi connectivity index (χ4v) is 5.41. The highest BCUT2D eigenvalue weighted by Crippen LogP contribution is 2.27. The zero-order valence-electron chi connectivity index (χ0n) is 19.7. The molecule has 0 saturated carbocycles. The van der Waals surface area contributed by atoms with Gasteiger partial charge in [0.1, 0.15) is 10.3 Å². The van der Waals surface area contributed by atoms with E-state index in [-0.39, 0.29) is 5.56 Å². The van der Waals surface area contributed by atoms with E-state index in [4.69, 9.17) is 24.4 Å². The van der Waals surface area contributed by atoms with Gasteiger partial charge in [0.2, 0.25) is 0 Å². The molecule has 0 unspecified atom stereocenters. The molecule has 2 heterocycles. The van der Waals surface area contributed by atoms with Crippen molar-refractivity contribution in [2.75, 3.05) is 19.6 Å². The minimum absolute atomic E-state index is 0.156. The molecule has 174 valence electrons. The highest BCUT2D eigenvalue weighted by Gasteiger charge is 2.17. The fraction of sp³-hybridized carbons (Fsp3) is 0.320. The number of nitrogens with one attached hydrogen (secondary N) is 1. The molecular weight excluding hydrogens is 469 g/mol. The second-order valence-corrected chi connectivity index (χ2v) is 9.68. The Morgan fingerprint density at radius 2 is 1.45 bits per heavy atom. The second kappa shape index (κ2) is 11.2. The Kier molecular flexibility index (Phi) is 8.53. The fourth-order valence-electron chi connectivity index (χ4n) is 3.83. The number of aromatic nitrogens is 3. The molecule has 1 N–H and O–H groups in total. The van der Waals surface area contributed by atoms with E-state index in [2.05, 4.69) is 30.7 Å². The summed E-state index contributed by atoms with van der Waals surface area (Å²) in [6.45, 7) is 14.2. The largest absolute Gasteiger partial charge is 0.316 e. The molecule has 0 radical (unpaired) electrons. The molecule has 0 aliphatic rings. The van der Waals surface area contributed by atoms with Gasteiger partial charge in [0.25, 0.3) is 5.56 Å².